The van der Waals surface area contributed by atoms with E-state index >= 15 is 0 Å². The van der Waals surface area contributed by atoms with Crippen LogP contribution in [0.25, 0.3) is 0 Å². The van der Waals surface area contributed by atoms with Crippen LogP contribution in [0.5, 0.6) is 5.75 Å². The molecule has 3 rings (SSSR count). The van der Waals surface area contributed by atoms with E-state index in [9.17, 15) is 18.0 Å². The number of rotatable bonds is 8. The molecule has 0 fully saturated rings. The van der Waals surface area contributed by atoms with E-state index in [1.165, 1.54) is 17.7 Å². The number of halogens is 6. The number of alkyl halides is 3. The maximum absolute atomic E-state index is 12.9. The van der Waals surface area contributed by atoms with Gasteiger partial charge in [-0.3, -0.25) is 9.48 Å². The molecule has 0 radical (unpaired) electrons. The average molecular weight is 555 g/mol. The number of carbonyl (C=O) groups is 1. The Labute approximate surface area is 199 Å². The Morgan fingerprint density at radius 1 is 1.28 bits per heavy atom. The van der Waals surface area contributed by atoms with Crippen molar-refractivity contribution >= 4 is 45.0 Å². The zero-order chi connectivity index (χ0) is 23.5. The fourth-order valence-electron chi connectivity index (χ4n) is 2.76. The topological polar surface area (TPSA) is 69.3 Å². The quantitative estimate of drug-likeness (QED) is 0.333. The fraction of sp³-hybridized carbons (Fsp3) is 0.300. The van der Waals surface area contributed by atoms with E-state index in [0.717, 1.165) is 4.47 Å². The van der Waals surface area contributed by atoms with Crippen molar-refractivity contribution in [2.75, 3.05) is 6.54 Å². The lowest BCUT2D eigenvalue weighted by molar-refractivity contribution is -0.141. The van der Waals surface area contributed by atoms with Gasteiger partial charge in [-0.2, -0.15) is 18.3 Å². The highest BCUT2D eigenvalue weighted by Crippen LogP contribution is 2.35. The van der Waals surface area contributed by atoms with Crippen LogP contribution in [0.3, 0.4) is 0 Å². The van der Waals surface area contributed by atoms with Gasteiger partial charge in [-0.25, -0.2) is 0 Å². The largest absolute Gasteiger partial charge is 0.484 e. The summed E-state index contributed by atoms with van der Waals surface area (Å²) in [6, 6.07) is 8.29. The molecular weight excluding hydrogens is 538 g/mol. The van der Waals surface area contributed by atoms with E-state index < -0.39 is 22.8 Å². The molecule has 1 aromatic carbocycles. The van der Waals surface area contributed by atoms with Gasteiger partial charge in [0.05, 0.1) is 15.7 Å². The van der Waals surface area contributed by atoms with Gasteiger partial charge in [0.2, 0.25) is 0 Å². The molecule has 0 aliphatic rings. The number of amides is 1. The van der Waals surface area contributed by atoms with E-state index in [0.29, 0.717) is 23.0 Å². The van der Waals surface area contributed by atoms with Crippen LogP contribution in [0.1, 0.15) is 34.1 Å². The van der Waals surface area contributed by atoms with Gasteiger partial charge in [-0.1, -0.05) is 39.1 Å². The number of nitrogens with one attached hydrogen (secondary N) is 1. The molecule has 2 heterocycles. The molecule has 0 unspecified atom stereocenters. The van der Waals surface area contributed by atoms with Crippen molar-refractivity contribution in [1.29, 1.82) is 0 Å². The monoisotopic (exact) mass is 553 g/mol. The molecule has 0 saturated carbocycles. The molecule has 1 amide bonds. The summed E-state index contributed by atoms with van der Waals surface area (Å²) in [6.45, 7) is 1.90. The van der Waals surface area contributed by atoms with Crippen molar-refractivity contribution < 1.29 is 27.1 Å². The van der Waals surface area contributed by atoms with Crippen LogP contribution in [-0.4, -0.2) is 22.2 Å². The van der Waals surface area contributed by atoms with Crippen molar-refractivity contribution in [1.82, 2.24) is 15.1 Å². The Hall–Kier alpha value is -2.17. The van der Waals surface area contributed by atoms with Crippen molar-refractivity contribution in [3.63, 3.8) is 0 Å². The predicted molar refractivity (Wildman–Crippen MR) is 116 cm³/mol. The first-order chi connectivity index (χ1) is 15.1. The third-order valence-electron chi connectivity index (χ3n) is 4.38. The zero-order valence-corrected chi connectivity index (χ0v) is 19.7. The Morgan fingerprint density at radius 2 is 2.03 bits per heavy atom. The second kappa shape index (κ2) is 10.2. The number of ether oxygens (including phenoxy) is 1. The van der Waals surface area contributed by atoms with Crippen LogP contribution < -0.4 is 10.1 Å². The third kappa shape index (κ3) is 5.99. The molecule has 6 nitrogen and oxygen atoms in total. The van der Waals surface area contributed by atoms with Crippen LogP contribution in [0.2, 0.25) is 10.0 Å². The summed E-state index contributed by atoms with van der Waals surface area (Å²) < 4.78 is 51.7. The lowest BCUT2D eigenvalue weighted by atomic mass is 10.3. The maximum Gasteiger partial charge on any atom is 0.436 e. The zero-order valence-electron chi connectivity index (χ0n) is 16.6. The van der Waals surface area contributed by atoms with E-state index in [-0.39, 0.29) is 31.2 Å². The average Bonchev–Trinajstić information content (AvgIpc) is 3.30. The molecule has 0 aliphatic heterocycles. The Bertz CT molecular complexity index is 1120. The summed E-state index contributed by atoms with van der Waals surface area (Å²) in [6.07, 6.45) is -4.27. The number of aromatic nitrogens is 2. The van der Waals surface area contributed by atoms with Crippen LogP contribution in [0.4, 0.5) is 13.2 Å². The normalized spacial score (nSPS) is 11.6. The molecule has 172 valence electrons. The lowest BCUT2D eigenvalue weighted by Crippen LogP contribution is -2.25. The summed E-state index contributed by atoms with van der Waals surface area (Å²) in [4.78, 5) is 12.2. The molecule has 3 aromatic rings. The smallest absolute Gasteiger partial charge is 0.436 e. The Balaban J connectivity index is 1.47. The number of nitrogens with zero attached hydrogens (tertiary/aromatic N) is 2. The van der Waals surface area contributed by atoms with Gasteiger partial charge in [0, 0.05) is 17.6 Å². The molecule has 0 spiro atoms. The van der Waals surface area contributed by atoms with Crippen LogP contribution in [0, 0.1) is 6.92 Å². The highest BCUT2D eigenvalue weighted by atomic mass is 79.9. The molecule has 0 bridgehead atoms. The number of hydrogen-bond acceptors (Lipinski definition) is 4. The van der Waals surface area contributed by atoms with Gasteiger partial charge >= 0.3 is 6.18 Å². The van der Waals surface area contributed by atoms with Crippen LogP contribution in [-0.2, 0) is 19.3 Å². The van der Waals surface area contributed by atoms with E-state index in [2.05, 4.69) is 26.3 Å². The van der Waals surface area contributed by atoms with Gasteiger partial charge in [0.25, 0.3) is 5.91 Å². The molecule has 0 aliphatic carbocycles. The molecule has 12 heteroatoms. The summed E-state index contributed by atoms with van der Waals surface area (Å²) >= 11 is 15.1. The summed E-state index contributed by atoms with van der Waals surface area (Å²) in [5.41, 5.74) is -0.901. The highest BCUT2D eigenvalue weighted by molar-refractivity contribution is 9.10. The first kappa shape index (κ1) is 24.5. The lowest BCUT2D eigenvalue weighted by Gasteiger charge is -2.07. The molecule has 0 atom stereocenters. The van der Waals surface area contributed by atoms with Crippen molar-refractivity contribution in [3.8, 4) is 5.75 Å². The number of hydrogen-bond donors (Lipinski definition) is 1. The van der Waals surface area contributed by atoms with Crippen molar-refractivity contribution in [2.24, 2.45) is 0 Å². The van der Waals surface area contributed by atoms with Gasteiger partial charge in [-0.05, 0) is 43.7 Å². The Kier molecular flexibility index (Phi) is 7.79. The van der Waals surface area contributed by atoms with Gasteiger partial charge in [0.15, 0.2) is 11.5 Å². The molecule has 1 N–H and O–H groups in total. The number of aryl methyl sites for hydroxylation is 1. The highest BCUT2D eigenvalue weighted by Gasteiger charge is 2.38. The summed E-state index contributed by atoms with van der Waals surface area (Å²) in [5.74, 6) is 0.530. The maximum atomic E-state index is 12.9. The number of benzene rings is 1. The summed E-state index contributed by atoms with van der Waals surface area (Å²) in [7, 11) is 0. The third-order valence-corrected chi connectivity index (χ3v) is 5.62. The minimum absolute atomic E-state index is 0.0789. The molecule has 2 aromatic heterocycles. The summed E-state index contributed by atoms with van der Waals surface area (Å²) in [5, 5.41) is 6.17. The van der Waals surface area contributed by atoms with Gasteiger partial charge in [0.1, 0.15) is 18.1 Å². The predicted octanol–water partition coefficient (Wildman–Crippen LogP) is 6.27. The van der Waals surface area contributed by atoms with Crippen molar-refractivity contribution in [3.05, 3.63) is 67.8 Å². The number of carbonyl (C=O) groups excluding carboxylic acids is 1. The minimum Gasteiger partial charge on any atom is -0.484 e. The van der Waals surface area contributed by atoms with Gasteiger partial charge < -0.3 is 14.5 Å². The SMILES string of the molecule is Cc1c(Cl)c(C(F)(F)F)nn1CCCNC(=O)c1ccc(COc2ccc(Br)cc2Cl)o1. The van der Waals surface area contributed by atoms with E-state index in [1.807, 2.05) is 0 Å². The van der Waals surface area contributed by atoms with Crippen LogP contribution in [0.15, 0.2) is 39.2 Å². The Morgan fingerprint density at radius 3 is 2.69 bits per heavy atom. The van der Waals surface area contributed by atoms with E-state index in [4.69, 9.17) is 32.4 Å². The fourth-order valence-corrected chi connectivity index (χ4v) is 3.73. The first-order valence-corrected chi connectivity index (χ1v) is 10.9. The second-order valence-corrected chi connectivity index (χ2v) is 8.41. The standard InChI is InChI=1S/C20H17BrCl2F3N3O3/c1-11-17(23)18(20(24,25)26)28-29(11)8-2-7-27-19(30)16-6-4-13(32-16)10-31-15-5-3-12(21)9-14(15)22/h3-6,9H,2,7-8,10H2,1H3,(H,27,30). The molecular formula is C20H17BrCl2F3N3O3. The molecule has 32 heavy (non-hydrogen) atoms. The number of furan rings is 1. The van der Waals surface area contributed by atoms with Crippen LogP contribution >= 0.6 is 39.1 Å². The van der Waals surface area contributed by atoms with E-state index in [1.54, 1.807) is 24.3 Å². The second-order valence-electron chi connectivity index (χ2n) is 6.71. The first-order valence-electron chi connectivity index (χ1n) is 9.31. The minimum atomic E-state index is -4.62. The van der Waals surface area contributed by atoms with Crippen molar-refractivity contribution in [2.45, 2.75) is 32.7 Å². The molecule has 0 saturated heterocycles. The van der Waals surface area contributed by atoms with Gasteiger partial charge in [-0.15, -0.1) is 0 Å².